The minimum atomic E-state index is -0.0106. The van der Waals surface area contributed by atoms with Crippen LogP contribution in [-0.4, -0.2) is 44.6 Å². The number of nitrogens with zero attached hydrogens (tertiary/aromatic N) is 4. The lowest BCUT2D eigenvalue weighted by Crippen LogP contribution is -2.52. The lowest BCUT2D eigenvalue weighted by atomic mass is 9.83. The molecule has 2 aliphatic rings. The Bertz CT molecular complexity index is 877. The number of amides is 2. The Hall–Kier alpha value is -2.70. The van der Waals surface area contributed by atoms with Crippen molar-refractivity contribution in [3.8, 4) is 11.1 Å². The Morgan fingerprint density at radius 2 is 1.96 bits per heavy atom. The van der Waals surface area contributed by atoms with Gasteiger partial charge in [-0.2, -0.15) is 0 Å². The molecule has 0 spiro atoms. The lowest BCUT2D eigenvalue weighted by molar-refractivity contribution is 0.130. The van der Waals surface area contributed by atoms with Crippen molar-refractivity contribution < 1.29 is 4.79 Å². The van der Waals surface area contributed by atoms with Crippen LogP contribution in [0, 0.1) is 5.92 Å². The predicted molar refractivity (Wildman–Crippen MR) is 97.8 cm³/mol. The molecule has 2 aromatic rings. The molecule has 0 aromatic carbocycles. The Balaban J connectivity index is 1.65. The molecule has 7 heteroatoms. The maximum absolute atomic E-state index is 13.0. The molecular formula is C19H23N5O2. The summed E-state index contributed by atoms with van der Waals surface area (Å²) >= 11 is 0. The van der Waals surface area contributed by atoms with E-state index in [1.807, 2.05) is 35.4 Å². The second-order valence-electron chi connectivity index (χ2n) is 7.52. The molecule has 2 aromatic heterocycles. The van der Waals surface area contributed by atoms with E-state index in [9.17, 15) is 9.59 Å². The number of rotatable bonds is 2. The molecule has 1 fully saturated rings. The number of carbonyl (C=O) groups excluding carboxylic acids is 1. The fourth-order valence-electron chi connectivity index (χ4n) is 4.11. The molecule has 2 bridgehead atoms. The van der Waals surface area contributed by atoms with Crippen LogP contribution in [0.15, 0.2) is 35.6 Å². The molecule has 2 aliphatic heterocycles. The van der Waals surface area contributed by atoms with Gasteiger partial charge in [0.25, 0.3) is 5.56 Å². The van der Waals surface area contributed by atoms with Crippen LogP contribution >= 0.6 is 0 Å². The van der Waals surface area contributed by atoms with E-state index < -0.39 is 0 Å². The highest BCUT2D eigenvalue weighted by atomic mass is 16.2. The highest BCUT2D eigenvalue weighted by molar-refractivity contribution is 5.74. The quantitative estimate of drug-likeness (QED) is 0.893. The molecule has 7 nitrogen and oxygen atoms in total. The van der Waals surface area contributed by atoms with Crippen molar-refractivity contribution in [3.05, 3.63) is 46.9 Å². The van der Waals surface area contributed by atoms with E-state index in [1.54, 1.807) is 12.4 Å². The summed E-state index contributed by atoms with van der Waals surface area (Å²) in [5.41, 5.74) is 2.39. The molecule has 0 radical (unpaired) electrons. The van der Waals surface area contributed by atoms with E-state index in [0.29, 0.717) is 31.1 Å². The smallest absolute Gasteiger partial charge is 0.317 e. The molecule has 2 atom stereocenters. The van der Waals surface area contributed by atoms with E-state index in [2.05, 4.69) is 15.3 Å². The van der Waals surface area contributed by atoms with Gasteiger partial charge < -0.3 is 14.8 Å². The summed E-state index contributed by atoms with van der Waals surface area (Å²) in [5.74, 6) is 0.508. The molecule has 2 unspecified atom stereocenters. The number of hydrogen-bond donors (Lipinski definition) is 1. The Morgan fingerprint density at radius 3 is 2.69 bits per heavy atom. The van der Waals surface area contributed by atoms with E-state index in [-0.39, 0.29) is 23.6 Å². The summed E-state index contributed by atoms with van der Waals surface area (Å²) < 4.78 is 1.89. The number of urea groups is 1. The zero-order valence-corrected chi connectivity index (χ0v) is 15.1. The van der Waals surface area contributed by atoms with E-state index in [4.69, 9.17) is 0 Å². The molecule has 0 saturated carbocycles. The molecule has 2 amide bonds. The van der Waals surface area contributed by atoms with Crippen LogP contribution in [-0.2, 0) is 6.54 Å². The first-order chi connectivity index (χ1) is 12.5. The second kappa shape index (κ2) is 6.55. The minimum Gasteiger partial charge on any atom is -0.336 e. The normalized spacial score (nSPS) is 21.4. The third-order valence-corrected chi connectivity index (χ3v) is 5.18. The molecule has 4 rings (SSSR count). The number of pyridine rings is 1. The van der Waals surface area contributed by atoms with Gasteiger partial charge in [-0.25, -0.2) is 14.8 Å². The van der Waals surface area contributed by atoms with Crippen LogP contribution in [0.25, 0.3) is 11.1 Å². The molecular weight excluding hydrogens is 330 g/mol. The molecule has 136 valence electrons. The standard InChI is InChI=1S/C19H23N5O2/c1-12(2)22-19(26)23-8-13-5-14(10-23)17-4-3-16(18(25)24(17)9-13)15-6-20-11-21-7-15/h3-4,6-7,11-14H,5,8-10H2,1-2H3,(H,22,26). The third kappa shape index (κ3) is 2.98. The van der Waals surface area contributed by atoms with Gasteiger partial charge in [-0.05, 0) is 38.3 Å². The number of aromatic nitrogens is 3. The fraction of sp³-hybridized carbons (Fsp3) is 0.474. The van der Waals surface area contributed by atoms with Crippen LogP contribution in [0.2, 0.25) is 0 Å². The van der Waals surface area contributed by atoms with Gasteiger partial charge in [0.2, 0.25) is 0 Å². The SMILES string of the molecule is CC(C)NC(=O)N1CC2CC(C1)c1ccc(-c3cncnc3)c(=O)n1C2. The molecule has 0 aliphatic carbocycles. The summed E-state index contributed by atoms with van der Waals surface area (Å²) in [5, 5.41) is 2.97. The van der Waals surface area contributed by atoms with Gasteiger partial charge in [0.15, 0.2) is 0 Å². The first kappa shape index (κ1) is 16.8. The average Bonchev–Trinajstić information content (AvgIpc) is 2.62. The van der Waals surface area contributed by atoms with Crippen LogP contribution in [0.4, 0.5) is 4.79 Å². The van der Waals surface area contributed by atoms with Crippen LogP contribution in [0.3, 0.4) is 0 Å². The van der Waals surface area contributed by atoms with Crippen molar-refractivity contribution in [3.63, 3.8) is 0 Å². The van der Waals surface area contributed by atoms with Gasteiger partial charge in [-0.15, -0.1) is 0 Å². The van der Waals surface area contributed by atoms with Crippen LogP contribution in [0.1, 0.15) is 31.9 Å². The van der Waals surface area contributed by atoms with Crippen molar-refractivity contribution in [2.75, 3.05) is 13.1 Å². The van der Waals surface area contributed by atoms with E-state index >= 15 is 0 Å². The number of likely N-dealkylation sites (tertiary alicyclic amines) is 1. The molecule has 1 saturated heterocycles. The van der Waals surface area contributed by atoms with E-state index in [0.717, 1.165) is 17.7 Å². The molecule has 26 heavy (non-hydrogen) atoms. The summed E-state index contributed by atoms with van der Waals surface area (Å²) in [4.78, 5) is 35.3. The third-order valence-electron chi connectivity index (χ3n) is 5.18. The summed E-state index contributed by atoms with van der Waals surface area (Å²) in [6.07, 6.45) is 5.82. The Morgan fingerprint density at radius 1 is 1.19 bits per heavy atom. The lowest BCUT2D eigenvalue weighted by Gasteiger charge is -2.43. The van der Waals surface area contributed by atoms with Crippen molar-refractivity contribution in [2.45, 2.75) is 38.8 Å². The van der Waals surface area contributed by atoms with Gasteiger partial charge in [0, 0.05) is 55.2 Å². The predicted octanol–water partition coefficient (Wildman–Crippen LogP) is 1.84. The summed E-state index contributed by atoms with van der Waals surface area (Å²) in [6.45, 7) is 5.93. The molecule has 4 heterocycles. The first-order valence-electron chi connectivity index (χ1n) is 9.07. The second-order valence-corrected chi connectivity index (χ2v) is 7.52. The van der Waals surface area contributed by atoms with Crippen molar-refractivity contribution in [1.29, 1.82) is 0 Å². The van der Waals surface area contributed by atoms with Crippen LogP contribution in [0.5, 0.6) is 0 Å². The zero-order chi connectivity index (χ0) is 18.3. The fourth-order valence-corrected chi connectivity index (χ4v) is 4.11. The van der Waals surface area contributed by atoms with E-state index in [1.165, 1.54) is 6.33 Å². The number of nitrogens with one attached hydrogen (secondary N) is 1. The minimum absolute atomic E-state index is 0.00656. The zero-order valence-electron chi connectivity index (χ0n) is 15.1. The Kier molecular flexibility index (Phi) is 4.22. The van der Waals surface area contributed by atoms with Gasteiger partial charge in [0.05, 0.1) is 5.56 Å². The largest absolute Gasteiger partial charge is 0.336 e. The summed E-state index contributed by atoms with van der Waals surface area (Å²) in [7, 11) is 0. The summed E-state index contributed by atoms with van der Waals surface area (Å²) in [6, 6.07) is 3.99. The Labute approximate surface area is 152 Å². The highest BCUT2D eigenvalue weighted by Gasteiger charge is 2.36. The van der Waals surface area contributed by atoms with Crippen LogP contribution < -0.4 is 10.9 Å². The maximum atomic E-state index is 13.0. The average molecular weight is 353 g/mol. The topological polar surface area (TPSA) is 80.1 Å². The number of carbonyl (C=O) groups is 1. The number of hydrogen-bond acceptors (Lipinski definition) is 4. The van der Waals surface area contributed by atoms with Gasteiger partial charge in [-0.1, -0.05) is 0 Å². The first-order valence-corrected chi connectivity index (χ1v) is 9.07. The number of piperidine rings is 1. The van der Waals surface area contributed by atoms with Gasteiger partial charge in [-0.3, -0.25) is 4.79 Å². The van der Waals surface area contributed by atoms with Crippen molar-refractivity contribution in [2.24, 2.45) is 5.92 Å². The molecule has 1 N–H and O–H groups in total. The van der Waals surface area contributed by atoms with Crippen molar-refractivity contribution in [1.82, 2.24) is 24.8 Å². The van der Waals surface area contributed by atoms with Crippen molar-refractivity contribution >= 4 is 6.03 Å². The van der Waals surface area contributed by atoms with Gasteiger partial charge >= 0.3 is 6.03 Å². The monoisotopic (exact) mass is 353 g/mol. The van der Waals surface area contributed by atoms with Gasteiger partial charge in [0.1, 0.15) is 6.33 Å². The maximum Gasteiger partial charge on any atom is 0.317 e. The highest BCUT2D eigenvalue weighted by Crippen LogP contribution is 2.35. The number of fused-ring (bicyclic) bond motifs is 4.